The summed E-state index contributed by atoms with van der Waals surface area (Å²) in [5.41, 5.74) is 6.73. The third kappa shape index (κ3) is 4.01. The number of hydrogen-bond donors (Lipinski definition) is 1. The summed E-state index contributed by atoms with van der Waals surface area (Å²) in [4.78, 5) is 34.4. The van der Waals surface area contributed by atoms with Gasteiger partial charge in [0.05, 0.1) is 47.0 Å². The van der Waals surface area contributed by atoms with Gasteiger partial charge in [0.25, 0.3) is 5.91 Å². The van der Waals surface area contributed by atoms with Crippen molar-refractivity contribution in [2.75, 3.05) is 12.3 Å². The van der Waals surface area contributed by atoms with Crippen molar-refractivity contribution in [1.82, 2.24) is 29.8 Å². The number of aromatic nitrogens is 4. The van der Waals surface area contributed by atoms with Crippen molar-refractivity contribution >= 4 is 39.6 Å². The summed E-state index contributed by atoms with van der Waals surface area (Å²) in [6.07, 6.45) is -3.50. The van der Waals surface area contributed by atoms with Gasteiger partial charge in [-0.25, -0.2) is 19.8 Å². The van der Waals surface area contributed by atoms with Crippen LogP contribution < -0.4 is 5.73 Å². The van der Waals surface area contributed by atoms with E-state index in [0.717, 1.165) is 16.1 Å². The zero-order valence-electron chi connectivity index (χ0n) is 19.2. The van der Waals surface area contributed by atoms with Crippen molar-refractivity contribution < 1.29 is 27.5 Å². The number of anilines is 1. The van der Waals surface area contributed by atoms with E-state index in [9.17, 15) is 22.8 Å². The first-order valence-electron chi connectivity index (χ1n) is 10.9. The second kappa shape index (κ2) is 8.36. The van der Waals surface area contributed by atoms with Crippen LogP contribution in [0.15, 0.2) is 42.7 Å². The van der Waals surface area contributed by atoms with E-state index in [0.29, 0.717) is 33.8 Å². The number of carbonyl (C=O) groups excluding carboxylic acids is 2. The fourth-order valence-corrected chi connectivity index (χ4v) is 4.13. The molecule has 5 rings (SSSR count). The number of halogens is 3. The molecule has 186 valence electrons. The predicted molar refractivity (Wildman–Crippen MR) is 122 cm³/mol. The molecule has 0 aliphatic carbocycles. The van der Waals surface area contributed by atoms with Gasteiger partial charge in [-0.3, -0.25) is 14.5 Å². The topological polar surface area (TPSA) is 119 Å². The maximum absolute atomic E-state index is 13.7. The van der Waals surface area contributed by atoms with Crippen molar-refractivity contribution in [2.24, 2.45) is 7.05 Å². The van der Waals surface area contributed by atoms with Crippen LogP contribution in [0.5, 0.6) is 0 Å². The smallest absolute Gasteiger partial charge is 0.429 e. The van der Waals surface area contributed by atoms with Gasteiger partial charge in [-0.15, -0.1) is 0 Å². The molecule has 4 heterocycles. The van der Waals surface area contributed by atoms with Crippen LogP contribution >= 0.6 is 0 Å². The van der Waals surface area contributed by atoms with Crippen LogP contribution in [-0.4, -0.2) is 54.4 Å². The number of amides is 2. The number of alkyl halides is 3. The lowest BCUT2D eigenvalue weighted by atomic mass is 10.1. The van der Waals surface area contributed by atoms with Crippen LogP contribution in [0.2, 0.25) is 0 Å². The lowest BCUT2D eigenvalue weighted by molar-refractivity contribution is -0.137. The van der Waals surface area contributed by atoms with Crippen LogP contribution in [0.1, 0.15) is 28.5 Å². The summed E-state index contributed by atoms with van der Waals surface area (Å²) in [6, 6.07) is 6.83. The molecule has 2 amide bonds. The first-order valence-corrected chi connectivity index (χ1v) is 10.9. The Bertz CT molecular complexity index is 1500. The maximum atomic E-state index is 13.7. The van der Waals surface area contributed by atoms with Gasteiger partial charge in [0, 0.05) is 24.2 Å². The van der Waals surface area contributed by atoms with Gasteiger partial charge in [-0.05, 0) is 37.3 Å². The van der Waals surface area contributed by atoms with E-state index >= 15 is 0 Å². The van der Waals surface area contributed by atoms with Gasteiger partial charge in [-0.1, -0.05) is 0 Å². The molecule has 0 radical (unpaired) electrons. The Morgan fingerprint density at radius 1 is 1.22 bits per heavy atom. The summed E-state index contributed by atoms with van der Waals surface area (Å²) in [6.45, 7) is 1.50. The second-order valence-electron chi connectivity index (χ2n) is 8.43. The molecule has 0 unspecified atom stereocenters. The molecule has 1 aromatic carbocycles. The Morgan fingerprint density at radius 3 is 2.64 bits per heavy atom. The van der Waals surface area contributed by atoms with Gasteiger partial charge in [0.1, 0.15) is 11.9 Å². The van der Waals surface area contributed by atoms with Crippen molar-refractivity contribution in [3.63, 3.8) is 0 Å². The number of pyridine rings is 2. The largest absolute Gasteiger partial charge is 0.443 e. The van der Waals surface area contributed by atoms with E-state index in [1.54, 1.807) is 37.0 Å². The highest BCUT2D eigenvalue weighted by Gasteiger charge is 2.37. The number of rotatable bonds is 4. The number of ether oxygens (including phenoxy) is 1. The summed E-state index contributed by atoms with van der Waals surface area (Å²) < 4.78 is 45.6. The van der Waals surface area contributed by atoms with Crippen LogP contribution in [0.4, 0.5) is 23.8 Å². The Hall–Kier alpha value is -4.42. The standard InChI is InChI=1S/C23H20F3N7O3/c1-12-10-33(22(35)36-12)32(11-15-5-4-14(8-28-15)23(24,25)26)21(34)13-3-6-18-16(7-13)19-17(20(27)30-18)9-29-31(19)2/h3-9,12H,10-11H2,1-2H3,(H2,27,30)/t12-/m0/s1. The first kappa shape index (κ1) is 23.3. The number of benzene rings is 1. The molecule has 0 saturated carbocycles. The Kier molecular flexibility index (Phi) is 5.42. The lowest BCUT2D eigenvalue weighted by Gasteiger charge is -2.29. The van der Waals surface area contributed by atoms with Crippen LogP contribution in [-0.2, 0) is 24.5 Å². The summed E-state index contributed by atoms with van der Waals surface area (Å²) in [7, 11) is 1.74. The molecule has 10 nitrogen and oxygen atoms in total. The van der Waals surface area contributed by atoms with Crippen LogP contribution in [0, 0.1) is 0 Å². The van der Waals surface area contributed by atoms with Crippen molar-refractivity contribution in [1.29, 1.82) is 0 Å². The van der Waals surface area contributed by atoms with E-state index in [1.165, 1.54) is 12.1 Å². The zero-order valence-corrected chi connectivity index (χ0v) is 19.2. The van der Waals surface area contributed by atoms with E-state index in [4.69, 9.17) is 10.5 Å². The molecule has 1 fully saturated rings. The fraction of sp³-hybridized carbons (Fsp3) is 0.261. The summed E-state index contributed by atoms with van der Waals surface area (Å²) >= 11 is 0. The SMILES string of the molecule is C[C@H]1CN(N(Cc2ccc(C(F)(F)F)cn2)C(=O)c2ccc3nc(N)c4cnn(C)c4c3c2)C(=O)O1. The number of nitrogen functional groups attached to an aromatic ring is 1. The number of cyclic esters (lactones) is 1. The summed E-state index contributed by atoms with van der Waals surface area (Å²) in [5.74, 6) is -0.273. The average Bonchev–Trinajstić information content (AvgIpc) is 3.38. The van der Waals surface area contributed by atoms with Gasteiger partial charge in [0.2, 0.25) is 0 Å². The van der Waals surface area contributed by atoms with Crippen molar-refractivity contribution in [2.45, 2.75) is 25.7 Å². The van der Waals surface area contributed by atoms with Gasteiger partial charge >= 0.3 is 12.3 Å². The van der Waals surface area contributed by atoms with E-state index in [-0.39, 0.29) is 24.3 Å². The van der Waals surface area contributed by atoms with Crippen molar-refractivity contribution in [3.05, 3.63) is 59.5 Å². The quantitative estimate of drug-likeness (QED) is 0.456. The molecule has 13 heteroatoms. The van der Waals surface area contributed by atoms with Gasteiger partial charge < -0.3 is 10.5 Å². The third-order valence-electron chi connectivity index (χ3n) is 5.89. The zero-order chi connectivity index (χ0) is 25.8. The Morgan fingerprint density at radius 2 is 2.00 bits per heavy atom. The highest BCUT2D eigenvalue weighted by Crippen LogP contribution is 2.30. The van der Waals surface area contributed by atoms with Crippen molar-refractivity contribution in [3.8, 4) is 0 Å². The minimum atomic E-state index is -4.55. The predicted octanol–water partition coefficient (Wildman–Crippen LogP) is 3.52. The number of hydrazine groups is 1. The number of fused-ring (bicyclic) bond motifs is 3. The second-order valence-corrected chi connectivity index (χ2v) is 8.43. The molecule has 1 aliphatic rings. The number of aryl methyl sites for hydroxylation is 1. The fourth-order valence-electron chi connectivity index (χ4n) is 4.13. The molecule has 1 saturated heterocycles. The number of nitrogens with zero attached hydrogens (tertiary/aromatic N) is 6. The molecular weight excluding hydrogens is 479 g/mol. The number of hydrogen-bond acceptors (Lipinski definition) is 7. The monoisotopic (exact) mass is 499 g/mol. The molecule has 2 N–H and O–H groups in total. The van der Waals surface area contributed by atoms with Crippen LogP contribution in [0.25, 0.3) is 21.8 Å². The molecule has 0 spiro atoms. The van der Waals surface area contributed by atoms with E-state index < -0.39 is 29.8 Å². The lowest BCUT2D eigenvalue weighted by Crippen LogP contribution is -2.47. The normalized spacial score (nSPS) is 16.1. The Labute approximate surface area is 202 Å². The van der Waals surface area contributed by atoms with Gasteiger partial charge in [-0.2, -0.15) is 18.3 Å². The molecule has 4 aromatic rings. The third-order valence-corrected chi connectivity index (χ3v) is 5.89. The molecule has 0 bridgehead atoms. The highest BCUT2D eigenvalue weighted by atomic mass is 19.4. The maximum Gasteiger partial charge on any atom is 0.429 e. The summed E-state index contributed by atoms with van der Waals surface area (Å²) in [5, 5.41) is 7.71. The molecule has 1 aliphatic heterocycles. The van der Waals surface area contributed by atoms with E-state index in [1.807, 2.05) is 0 Å². The molecule has 3 aromatic heterocycles. The minimum absolute atomic E-state index is 0.0862. The first-order chi connectivity index (χ1) is 17.0. The number of carbonyl (C=O) groups is 2. The molecule has 36 heavy (non-hydrogen) atoms. The van der Waals surface area contributed by atoms with Gasteiger partial charge in [0.15, 0.2) is 0 Å². The minimum Gasteiger partial charge on any atom is -0.443 e. The van der Waals surface area contributed by atoms with Crippen LogP contribution in [0.3, 0.4) is 0 Å². The molecular formula is C23H20F3N7O3. The highest BCUT2D eigenvalue weighted by molar-refractivity contribution is 6.10. The number of nitrogens with two attached hydrogens (primary N) is 1. The van der Waals surface area contributed by atoms with E-state index in [2.05, 4.69) is 15.1 Å². The average molecular weight is 499 g/mol. The molecule has 1 atom stereocenters. The Balaban J connectivity index is 1.55.